The Morgan fingerprint density at radius 2 is 2.24 bits per heavy atom. The largest absolute Gasteiger partial charge is 0.461 e. The molecule has 1 aromatic carbocycles. The van der Waals surface area contributed by atoms with Crippen LogP contribution in [-0.2, 0) is 6.42 Å². The first-order chi connectivity index (χ1) is 8.24. The van der Waals surface area contributed by atoms with Crippen LogP contribution in [0.4, 0.5) is 4.39 Å². The van der Waals surface area contributed by atoms with E-state index in [1.165, 1.54) is 18.9 Å². The number of rotatable bonds is 4. The lowest BCUT2D eigenvalue weighted by Gasteiger charge is -2.01. The summed E-state index contributed by atoms with van der Waals surface area (Å²) in [5.41, 5.74) is 1.42. The standard InChI is InChI=1S/C13H13BrFNO/c14-9-5-11-8(3-4-16-10-1-2-10)7-17-13(11)12(15)6-9/h5-7,10,16H,1-4H2. The van der Waals surface area contributed by atoms with Gasteiger partial charge in [0, 0.05) is 15.9 Å². The van der Waals surface area contributed by atoms with Crippen LogP contribution in [0.5, 0.6) is 0 Å². The van der Waals surface area contributed by atoms with Gasteiger partial charge in [0.2, 0.25) is 0 Å². The summed E-state index contributed by atoms with van der Waals surface area (Å²) < 4.78 is 19.6. The summed E-state index contributed by atoms with van der Waals surface area (Å²) in [7, 11) is 0. The van der Waals surface area contributed by atoms with Crippen LogP contribution < -0.4 is 5.32 Å². The molecule has 1 aromatic heterocycles. The summed E-state index contributed by atoms with van der Waals surface area (Å²) in [6.07, 6.45) is 5.10. The molecule has 0 saturated heterocycles. The van der Waals surface area contributed by atoms with Crippen molar-refractivity contribution in [2.45, 2.75) is 25.3 Å². The first-order valence-corrected chi connectivity index (χ1v) is 6.62. The number of fused-ring (bicyclic) bond motifs is 1. The SMILES string of the molecule is Fc1cc(Br)cc2c(CCNC3CC3)coc12. The van der Waals surface area contributed by atoms with Crippen molar-refractivity contribution in [2.75, 3.05) is 6.54 Å². The topological polar surface area (TPSA) is 25.2 Å². The van der Waals surface area contributed by atoms with E-state index in [9.17, 15) is 4.39 Å². The quantitative estimate of drug-likeness (QED) is 0.932. The predicted octanol–water partition coefficient (Wildman–Crippen LogP) is 3.63. The molecule has 1 N–H and O–H groups in total. The molecule has 1 fully saturated rings. The molecule has 1 aliphatic rings. The zero-order valence-electron chi connectivity index (χ0n) is 9.30. The van der Waals surface area contributed by atoms with E-state index in [4.69, 9.17) is 4.42 Å². The second-order valence-electron chi connectivity index (χ2n) is 4.50. The van der Waals surface area contributed by atoms with Crippen molar-refractivity contribution in [3.63, 3.8) is 0 Å². The van der Waals surface area contributed by atoms with Gasteiger partial charge in [-0.1, -0.05) is 15.9 Å². The van der Waals surface area contributed by atoms with Gasteiger partial charge in [0.15, 0.2) is 11.4 Å². The number of hydrogen-bond donors (Lipinski definition) is 1. The number of benzene rings is 1. The third-order valence-corrected chi connectivity index (χ3v) is 3.54. The van der Waals surface area contributed by atoms with Gasteiger partial charge in [-0.05, 0) is 43.5 Å². The highest BCUT2D eigenvalue weighted by molar-refractivity contribution is 9.10. The number of hydrogen-bond acceptors (Lipinski definition) is 2. The zero-order chi connectivity index (χ0) is 11.8. The van der Waals surface area contributed by atoms with Crippen molar-refractivity contribution < 1.29 is 8.81 Å². The summed E-state index contributed by atoms with van der Waals surface area (Å²) >= 11 is 3.31. The fourth-order valence-corrected chi connectivity index (χ4v) is 2.43. The van der Waals surface area contributed by atoms with E-state index >= 15 is 0 Å². The summed E-state index contributed by atoms with van der Waals surface area (Å²) in [5, 5.41) is 4.31. The summed E-state index contributed by atoms with van der Waals surface area (Å²) in [6, 6.07) is 4.04. The maximum Gasteiger partial charge on any atom is 0.169 e. The third kappa shape index (κ3) is 2.38. The highest BCUT2D eigenvalue weighted by Crippen LogP contribution is 2.28. The number of halogens is 2. The van der Waals surface area contributed by atoms with Crippen LogP contribution in [-0.4, -0.2) is 12.6 Å². The Morgan fingerprint density at radius 3 is 3.00 bits per heavy atom. The highest BCUT2D eigenvalue weighted by atomic mass is 79.9. The van der Waals surface area contributed by atoms with E-state index in [0.717, 1.165) is 28.4 Å². The number of nitrogens with one attached hydrogen (secondary N) is 1. The maximum atomic E-state index is 13.6. The molecular weight excluding hydrogens is 285 g/mol. The van der Waals surface area contributed by atoms with Gasteiger partial charge in [0.1, 0.15) is 0 Å². The molecule has 2 nitrogen and oxygen atoms in total. The summed E-state index contributed by atoms with van der Waals surface area (Å²) in [6.45, 7) is 0.924. The molecule has 1 saturated carbocycles. The Balaban J connectivity index is 1.83. The molecule has 90 valence electrons. The van der Waals surface area contributed by atoms with Gasteiger partial charge in [0.25, 0.3) is 0 Å². The highest BCUT2D eigenvalue weighted by Gasteiger charge is 2.20. The molecule has 1 aliphatic carbocycles. The molecular formula is C13H13BrFNO. The van der Waals surface area contributed by atoms with Gasteiger partial charge in [-0.25, -0.2) is 4.39 Å². The molecule has 0 atom stereocenters. The van der Waals surface area contributed by atoms with Gasteiger partial charge in [-0.2, -0.15) is 0 Å². The maximum absolute atomic E-state index is 13.6. The number of furan rings is 1. The van der Waals surface area contributed by atoms with Crippen LogP contribution in [0.15, 0.2) is 27.3 Å². The van der Waals surface area contributed by atoms with Crippen molar-refractivity contribution in [3.8, 4) is 0 Å². The first kappa shape index (κ1) is 11.2. The molecule has 4 heteroatoms. The minimum absolute atomic E-state index is 0.309. The molecule has 1 heterocycles. The molecule has 3 rings (SSSR count). The van der Waals surface area contributed by atoms with Gasteiger partial charge >= 0.3 is 0 Å². The lowest BCUT2D eigenvalue weighted by atomic mass is 10.1. The second-order valence-corrected chi connectivity index (χ2v) is 5.42. The van der Waals surface area contributed by atoms with E-state index in [1.807, 2.05) is 6.07 Å². The predicted molar refractivity (Wildman–Crippen MR) is 68.6 cm³/mol. The van der Waals surface area contributed by atoms with Crippen molar-refractivity contribution in [1.82, 2.24) is 5.32 Å². The van der Waals surface area contributed by atoms with Crippen LogP contribution >= 0.6 is 15.9 Å². The molecule has 17 heavy (non-hydrogen) atoms. The monoisotopic (exact) mass is 297 g/mol. The van der Waals surface area contributed by atoms with Crippen LogP contribution in [0.3, 0.4) is 0 Å². The zero-order valence-corrected chi connectivity index (χ0v) is 10.9. The lowest BCUT2D eigenvalue weighted by molar-refractivity contribution is 0.557. The summed E-state index contributed by atoms with van der Waals surface area (Å²) in [4.78, 5) is 0. The average molecular weight is 298 g/mol. The van der Waals surface area contributed by atoms with Crippen LogP contribution in [0.25, 0.3) is 11.0 Å². The third-order valence-electron chi connectivity index (χ3n) is 3.08. The van der Waals surface area contributed by atoms with Crippen molar-refractivity contribution >= 4 is 26.9 Å². The molecule has 0 aliphatic heterocycles. The first-order valence-electron chi connectivity index (χ1n) is 5.82. The van der Waals surface area contributed by atoms with E-state index < -0.39 is 0 Å². The second kappa shape index (κ2) is 4.42. The minimum atomic E-state index is -0.309. The van der Waals surface area contributed by atoms with E-state index in [2.05, 4.69) is 21.2 Å². The van der Waals surface area contributed by atoms with Gasteiger partial charge in [-0.3, -0.25) is 0 Å². The molecule has 0 spiro atoms. The Bertz CT molecular complexity index is 548. The van der Waals surface area contributed by atoms with Gasteiger partial charge < -0.3 is 9.73 Å². The molecule has 0 radical (unpaired) electrons. The Hall–Kier alpha value is -0.870. The van der Waals surface area contributed by atoms with E-state index in [1.54, 1.807) is 6.26 Å². The normalized spacial score (nSPS) is 15.6. The molecule has 2 aromatic rings. The fraction of sp³-hybridized carbons (Fsp3) is 0.385. The minimum Gasteiger partial charge on any atom is -0.461 e. The molecule has 0 amide bonds. The van der Waals surface area contributed by atoms with Crippen molar-refractivity contribution in [3.05, 3.63) is 34.2 Å². The van der Waals surface area contributed by atoms with E-state index in [0.29, 0.717) is 11.6 Å². The molecule has 0 bridgehead atoms. The Labute approximate surface area is 107 Å². The smallest absolute Gasteiger partial charge is 0.169 e. The van der Waals surface area contributed by atoms with Gasteiger partial charge in [-0.15, -0.1) is 0 Å². The lowest BCUT2D eigenvalue weighted by Crippen LogP contribution is -2.19. The van der Waals surface area contributed by atoms with E-state index in [-0.39, 0.29) is 5.82 Å². The van der Waals surface area contributed by atoms with Crippen molar-refractivity contribution in [2.24, 2.45) is 0 Å². The van der Waals surface area contributed by atoms with Crippen LogP contribution in [0.2, 0.25) is 0 Å². The van der Waals surface area contributed by atoms with Crippen molar-refractivity contribution in [1.29, 1.82) is 0 Å². The average Bonchev–Trinajstić information content (AvgIpc) is 3.01. The summed E-state index contributed by atoms with van der Waals surface area (Å²) in [5.74, 6) is -0.309. The van der Waals surface area contributed by atoms with Gasteiger partial charge in [0.05, 0.1) is 6.26 Å². The Morgan fingerprint density at radius 1 is 1.41 bits per heavy atom. The fourth-order valence-electron chi connectivity index (χ4n) is 2.00. The van der Waals surface area contributed by atoms with Crippen LogP contribution in [0.1, 0.15) is 18.4 Å². The van der Waals surface area contributed by atoms with Crippen LogP contribution in [0, 0.1) is 5.82 Å². The molecule has 0 unspecified atom stereocenters. The Kier molecular flexibility index (Phi) is 2.92.